The van der Waals surface area contributed by atoms with E-state index in [-0.39, 0.29) is 31.6 Å². The molecule has 3 atom stereocenters. The van der Waals surface area contributed by atoms with Crippen molar-refractivity contribution in [1.82, 2.24) is 15.5 Å². The summed E-state index contributed by atoms with van der Waals surface area (Å²) < 4.78 is 22.1. The van der Waals surface area contributed by atoms with Gasteiger partial charge in [-0.2, -0.15) is 0 Å². The summed E-state index contributed by atoms with van der Waals surface area (Å²) in [6.45, 7) is 9.69. The van der Waals surface area contributed by atoms with Gasteiger partial charge in [-0.25, -0.2) is 9.59 Å². The molecule has 10 nitrogen and oxygen atoms in total. The zero-order valence-corrected chi connectivity index (χ0v) is 26.3. The summed E-state index contributed by atoms with van der Waals surface area (Å²) in [5, 5.41) is 5.66. The van der Waals surface area contributed by atoms with Crippen LogP contribution in [-0.2, 0) is 18.9 Å². The van der Waals surface area contributed by atoms with E-state index in [1.807, 2.05) is 70.2 Å². The van der Waals surface area contributed by atoms with Crippen LogP contribution in [0.2, 0.25) is 0 Å². The molecule has 43 heavy (non-hydrogen) atoms. The van der Waals surface area contributed by atoms with Crippen molar-refractivity contribution in [2.24, 2.45) is 5.92 Å². The monoisotopic (exact) mass is 597 g/mol. The second kappa shape index (κ2) is 16.3. The number of ether oxygens (including phenoxy) is 4. The Balaban J connectivity index is 1.75. The average Bonchev–Trinajstić information content (AvgIpc) is 2.98. The fourth-order valence-corrected chi connectivity index (χ4v) is 5.02. The number of aryl methyl sites for hydroxylation is 1. The lowest BCUT2D eigenvalue weighted by molar-refractivity contribution is 0.0112. The maximum atomic E-state index is 13.4. The molecule has 0 saturated carbocycles. The molecule has 0 bridgehead atoms. The third kappa shape index (κ3) is 11.2. The second-order valence-electron chi connectivity index (χ2n) is 12.0. The highest BCUT2D eigenvalue weighted by Gasteiger charge is 2.29. The van der Waals surface area contributed by atoms with E-state index >= 15 is 0 Å². The summed E-state index contributed by atoms with van der Waals surface area (Å²) in [7, 11) is 3.03. The van der Waals surface area contributed by atoms with E-state index < -0.39 is 23.9 Å². The Labute approximate surface area is 255 Å². The molecule has 0 radical (unpaired) electrons. The molecule has 1 heterocycles. The maximum Gasteiger partial charge on any atom is 0.410 e. The fraction of sp³-hybridized carbons (Fsp3) is 0.545. The van der Waals surface area contributed by atoms with E-state index in [0.29, 0.717) is 24.5 Å². The van der Waals surface area contributed by atoms with Crippen LogP contribution < -0.4 is 10.6 Å². The Hall–Kier alpha value is -3.63. The lowest BCUT2D eigenvalue weighted by Crippen LogP contribution is -2.48. The average molecular weight is 598 g/mol. The fourth-order valence-electron chi connectivity index (χ4n) is 5.02. The Morgan fingerprint density at radius 2 is 1.79 bits per heavy atom. The Bertz CT molecular complexity index is 1210. The van der Waals surface area contributed by atoms with Crippen LogP contribution in [0.5, 0.6) is 0 Å². The zero-order valence-electron chi connectivity index (χ0n) is 26.3. The van der Waals surface area contributed by atoms with E-state index in [1.54, 1.807) is 18.0 Å². The van der Waals surface area contributed by atoms with Gasteiger partial charge in [-0.1, -0.05) is 42.0 Å². The molecule has 1 saturated heterocycles. The molecule has 2 aromatic carbocycles. The van der Waals surface area contributed by atoms with E-state index in [4.69, 9.17) is 14.2 Å². The van der Waals surface area contributed by atoms with Gasteiger partial charge >= 0.3 is 12.2 Å². The maximum absolute atomic E-state index is 13.4. The van der Waals surface area contributed by atoms with Gasteiger partial charge in [-0.3, -0.25) is 4.79 Å². The van der Waals surface area contributed by atoms with Gasteiger partial charge in [-0.15, -0.1) is 0 Å². The first-order valence-electron chi connectivity index (χ1n) is 14.9. The van der Waals surface area contributed by atoms with Gasteiger partial charge in [0.05, 0.1) is 19.8 Å². The van der Waals surface area contributed by atoms with Gasteiger partial charge in [0.1, 0.15) is 11.7 Å². The Morgan fingerprint density at radius 3 is 2.44 bits per heavy atom. The molecule has 3 rings (SSSR count). The lowest BCUT2D eigenvalue weighted by atomic mass is 9.93. The summed E-state index contributed by atoms with van der Waals surface area (Å²) in [5.74, 6) is 0.0458. The van der Waals surface area contributed by atoms with E-state index in [0.717, 1.165) is 36.1 Å². The molecule has 10 heteroatoms. The molecule has 2 N–H and O–H groups in total. The predicted octanol–water partition coefficient (Wildman–Crippen LogP) is 5.24. The standard InChI is InChI=1S/C33H47N3O7/c1-23-10-7-12-25(18-23)29(42-17-15-34-31(38)40-6)26-13-8-14-27(20-26)30(37)35-21-28(19-24-11-9-16-41-22-24)36(5)32(39)43-33(2,3)4/h7-8,10,12-14,18,20,24,28-29H,9,11,15-17,19,21-22H2,1-6H3,(H,34,38)(H,35,37). The van der Waals surface area contributed by atoms with Crippen molar-refractivity contribution in [3.8, 4) is 0 Å². The van der Waals surface area contributed by atoms with Crippen LogP contribution in [0.4, 0.5) is 9.59 Å². The minimum Gasteiger partial charge on any atom is -0.453 e. The SMILES string of the molecule is COC(=O)NCCOC(c1cccc(C)c1)c1cccc(C(=O)NCC(CC2CCCOC2)N(C)C(=O)OC(C)(C)C)c1. The van der Waals surface area contributed by atoms with Crippen molar-refractivity contribution in [3.63, 3.8) is 0 Å². The van der Waals surface area contributed by atoms with Gasteiger partial charge in [0.15, 0.2) is 0 Å². The van der Waals surface area contributed by atoms with Crippen LogP contribution in [0.1, 0.15) is 73.2 Å². The van der Waals surface area contributed by atoms with Gasteiger partial charge in [0, 0.05) is 38.9 Å². The van der Waals surface area contributed by atoms with Gasteiger partial charge in [0.25, 0.3) is 5.91 Å². The van der Waals surface area contributed by atoms with Crippen LogP contribution in [0, 0.1) is 12.8 Å². The summed E-state index contributed by atoms with van der Waals surface area (Å²) in [5.41, 5.74) is 2.67. The van der Waals surface area contributed by atoms with E-state index in [9.17, 15) is 14.4 Å². The lowest BCUT2D eigenvalue weighted by Gasteiger charge is -2.34. The van der Waals surface area contributed by atoms with E-state index in [2.05, 4.69) is 15.4 Å². The van der Waals surface area contributed by atoms with Crippen molar-refractivity contribution >= 4 is 18.1 Å². The minimum atomic E-state index is -0.626. The quantitative estimate of drug-likeness (QED) is 0.322. The highest BCUT2D eigenvalue weighted by atomic mass is 16.6. The highest BCUT2D eigenvalue weighted by molar-refractivity contribution is 5.94. The highest BCUT2D eigenvalue weighted by Crippen LogP contribution is 2.28. The smallest absolute Gasteiger partial charge is 0.410 e. The van der Waals surface area contributed by atoms with Crippen LogP contribution in [-0.4, -0.2) is 81.7 Å². The molecule has 3 unspecified atom stereocenters. The third-order valence-electron chi connectivity index (χ3n) is 7.23. The summed E-state index contributed by atoms with van der Waals surface area (Å²) in [6, 6.07) is 15.0. The number of hydrogen-bond donors (Lipinski definition) is 2. The number of carbonyl (C=O) groups is 3. The number of likely N-dealkylation sites (N-methyl/N-ethyl adjacent to an activating group) is 1. The summed E-state index contributed by atoms with van der Waals surface area (Å²) >= 11 is 0. The largest absolute Gasteiger partial charge is 0.453 e. The summed E-state index contributed by atoms with van der Waals surface area (Å²) in [4.78, 5) is 39.4. The first-order chi connectivity index (χ1) is 20.5. The molecule has 0 aromatic heterocycles. The molecular formula is C33H47N3O7. The van der Waals surface area contributed by atoms with Gasteiger partial charge < -0.3 is 34.5 Å². The van der Waals surface area contributed by atoms with Crippen molar-refractivity contribution < 1.29 is 33.3 Å². The molecule has 1 fully saturated rings. The number of nitrogens with zero attached hydrogens (tertiary/aromatic N) is 1. The molecule has 1 aliphatic rings. The molecule has 236 valence electrons. The number of rotatable bonds is 12. The number of hydrogen-bond acceptors (Lipinski definition) is 7. The van der Waals surface area contributed by atoms with Gasteiger partial charge in [0.2, 0.25) is 0 Å². The van der Waals surface area contributed by atoms with Crippen LogP contribution in [0.3, 0.4) is 0 Å². The number of carbonyl (C=O) groups excluding carboxylic acids is 3. The Morgan fingerprint density at radius 1 is 1.07 bits per heavy atom. The summed E-state index contributed by atoms with van der Waals surface area (Å²) in [6.07, 6.45) is 1.29. The number of alkyl carbamates (subject to hydrolysis) is 1. The van der Waals surface area contributed by atoms with Crippen molar-refractivity contribution in [3.05, 3.63) is 70.8 Å². The molecular weight excluding hydrogens is 550 g/mol. The predicted molar refractivity (Wildman–Crippen MR) is 164 cm³/mol. The molecule has 0 spiro atoms. The number of methoxy groups -OCH3 is 1. The first kappa shape index (κ1) is 33.9. The minimum absolute atomic E-state index is 0.244. The molecule has 2 aromatic rings. The number of nitrogens with one attached hydrogen (secondary N) is 2. The zero-order chi connectivity index (χ0) is 31.4. The molecule has 3 amide bonds. The topological polar surface area (TPSA) is 115 Å². The van der Waals surface area contributed by atoms with Crippen molar-refractivity contribution in [2.75, 3.05) is 47.1 Å². The molecule has 1 aliphatic heterocycles. The van der Waals surface area contributed by atoms with Crippen molar-refractivity contribution in [2.45, 2.75) is 64.7 Å². The van der Waals surface area contributed by atoms with Gasteiger partial charge in [-0.05, 0) is 76.1 Å². The van der Waals surface area contributed by atoms with Crippen LogP contribution in [0.15, 0.2) is 48.5 Å². The van der Waals surface area contributed by atoms with Crippen LogP contribution in [0.25, 0.3) is 0 Å². The second-order valence-corrected chi connectivity index (χ2v) is 12.0. The third-order valence-corrected chi connectivity index (χ3v) is 7.23. The van der Waals surface area contributed by atoms with E-state index in [1.165, 1.54) is 7.11 Å². The van der Waals surface area contributed by atoms with Crippen LogP contribution >= 0.6 is 0 Å². The number of amides is 3. The normalized spacial score (nSPS) is 16.5. The first-order valence-corrected chi connectivity index (χ1v) is 14.9. The van der Waals surface area contributed by atoms with Crippen molar-refractivity contribution in [1.29, 1.82) is 0 Å². The Kier molecular flexibility index (Phi) is 12.8. The molecule has 0 aliphatic carbocycles. The number of benzene rings is 2.